The van der Waals surface area contributed by atoms with Gasteiger partial charge >= 0.3 is 11.9 Å². The van der Waals surface area contributed by atoms with E-state index in [2.05, 4.69) is 0 Å². The van der Waals surface area contributed by atoms with Crippen LogP contribution in [0.3, 0.4) is 0 Å². The highest BCUT2D eigenvalue weighted by molar-refractivity contribution is 7.93. The Labute approximate surface area is 272 Å². The van der Waals surface area contributed by atoms with E-state index < -0.39 is 51.6 Å². The standard InChI is InChI=1S/C30H25ClN2O10S3/c1-42-20-6-10-23(11-7-20)46(40,41)33(18-29(36)37)26-13-12-25(31)30-24(26)15-21(44-30)16-32(17-28(34)35)45(38,39)22-8-4-19(5-9-22)27-3-2-14-43-27/h2-15H,16-18H2,1H3,(H,34,35)(H,36,37). The van der Waals surface area contributed by atoms with Crippen molar-refractivity contribution in [3.63, 3.8) is 0 Å². The number of benzene rings is 3. The molecule has 0 amide bonds. The second kappa shape index (κ2) is 13.1. The Balaban J connectivity index is 1.54. The smallest absolute Gasteiger partial charge is 0.324 e. The van der Waals surface area contributed by atoms with Crippen molar-refractivity contribution in [1.29, 1.82) is 0 Å². The summed E-state index contributed by atoms with van der Waals surface area (Å²) in [5.41, 5.74) is 0.609. The number of methoxy groups -OCH3 is 1. The number of sulfonamides is 2. The second-order valence-electron chi connectivity index (χ2n) is 9.77. The van der Waals surface area contributed by atoms with Crippen molar-refractivity contribution in [2.24, 2.45) is 0 Å². The molecule has 2 heterocycles. The molecule has 3 aromatic carbocycles. The quantitative estimate of drug-likeness (QED) is 0.162. The molecule has 0 fully saturated rings. The zero-order valence-corrected chi connectivity index (χ0v) is 27.1. The first kappa shape index (κ1) is 33.0. The first-order chi connectivity index (χ1) is 21.8. The summed E-state index contributed by atoms with van der Waals surface area (Å²) in [5.74, 6) is -1.90. The van der Waals surface area contributed by atoms with Crippen LogP contribution < -0.4 is 9.04 Å². The van der Waals surface area contributed by atoms with Gasteiger partial charge in [0.05, 0.1) is 38.6 Å². The van der Waals surface area contributed by atoms with Gasteiger partial charge in [-0.1, -0.05) is 11.6 Å². The van der Waals surface area contributed by atoms with Gasteiger partial charge in [0.2, 0.25) is 10.0 Å². The molecule has 0 unspecified atom stereocenters. The number of halogens is 1. The Morgan fingerprint density at radius 1 is 0.870 bits per heavy atom. The molecule has 0 atom stereocenters. The normalized spacial score (nSPS) is 12.0. The molecular weight excluding hydrogens is 680 g/mol. The Hall–Kier alpha value is -4.41. The third-order valence-electron chi connectivity index (χ3n) is 6.80. The lowest BCUT2D eigenvalue weighted by molar-refractivity contribution is -0.137. The van der Waals surface area contributed by atoms with Gasteiger partial charge in [-0.3, -0.25) is 13.9 Å². The highest BCUT2D eigenvalue weighted by atomic mass is 35.5. The number of nitrogens with zero attached hydrogens (tertiary/aromatic N) is 2. The van der Waals surface area contributed by atoms with Crippen LogP contribution >= 0.6 is 22.9 Å². The molecule has 0 aliphatic heterocycles. The third kappa shape index (κ3) is 6.73. The average Bonchev–Trinajstić information content (AvgIpc) is 3.71. The van der Waals surface area contributed by atoms with Crippen molar-refractivity contribution in [1.82, 2.24) is 4.31 Å². The number of furan rings is 1. The summed E-state index contributed by atoms with van der Waals surface area (Å²) in [6.45, 7) is -2.19. The van der Waals surface area contributed by atoms with Gasteiger partial charge in [0.15, 0.2) is 0 Å². The topological polar surface area (TPSA) is 172 Å². The number of carbonyl (C=O) groups is 2. The number of hydrogen-bond donors (Lipinski definition) is 2. The second-order valence-corrected chi connectivity index (χ2v) is 15.1. The van der Waals surface area contributed by atoms with Gasteiger partial charge in [0.25, 0.3) is 10.0 Å². The van der Waals surface area contributed by atoms with Gasteiger partial charge < -0.3 is 19.4 Å². The lowest BCUT2D eigenvalue weighted by Crippen LogP contribution is -2.35. The lowest BCUT2D eigenvalue weighted by atomic mass is 10.2. The maximum Gasteiger partial charge on any atom is 0.324 e. The SMILES string of the molecule is COc1ccc(S(=O)(=O)N(CC(=O)O)c2ccc(Cl)c3sc(CN(CC(=O)O)S(=O)(=O)c4ccc(-c5ccco5)cc4)cc23)cc1. The van der Waals surface area contributed by atoms with Crippen molar-refractivity contribution in [2.45, 2.75) is 16.3 Å². The van der Waals surface area contributed by atoms with Gasteiger partial charge in [-0.25, -0.2) is 16.8 Å². The molecule has 5 rings (SSSR count). The molecule has 12 nitrogen and oxygen atoms in total. The molecule has 0 radical (unpaired) electrons. The summed E-state index contributed by atoms with van der Waals surface area (Å²) < 4.78 is 67.0. The molecule has 0 aliphatic carbocycles. The first-order valence-corrected chi connectivity index (χ1v) is 17.3. The number of anilines is 1. The van der Waals surface area contributed by atoms with E-state index >= 15 is 0 Å². The van der Waals surface area contributed by atoms with E-state index in [4.69, 9.17) is 20.8 Å². The predicted molar refractivity (Wildman–Crippen MR) is 171 cm³/mol. The number of carboxylic acids is 2. The minimum Gasteiger partial charge on any atom is -0.497 e. The molecule has 5 aromatic rings. The molecule has 0 bridgehead atoms. The fourth-order valence-corrected chi connectivity index (χ4v) is 8.91. The van der Waals surface area contributed by atoms with Crippen LogP contribution in [0.1, 0.15) is 4.88 Å². The maximum atomic E-state index is 13.7. The molecular formula is C30H25ClN2O10S3. The van der Waals surface area contributed by atoms with Crippen molar-refractivity contribution in [2.75, 3.05) is 24.5 Å². The molecule has 46 heavy (non-hydrogen) atoms. The van der Waals surface area contributed by atoms with Crippen molar-refractivity contribution in [3.8, 4) is 17.1 Å². The van der Waals surface area contributed by atoms with Gasteiger partial charge in [0.1, 0.15) is 24.6 Å². The summed E-state index contributed by atoms with van der Waals surface area (Å²) in [5, 5.41) is 19.7. The van der Waals surface area contributed by atoms with E-state index in [1.807, 2.05) is 0 Å². The van der Waals surface area contributed by atoms with E-state index in [1.165, 1.54) is 80.1 Å². The minimum atomic E-state index is -4.42. The summed E-state index contributed by atoms with van der Waals surface area (Å²) in [6.07, 6.45) is 1.48. The predicted octanol–water partition coefficient (Wildman–Crippen LogP) is 5.38. The number of carboxylic acid groups (broad SMARTS) is 2. The lowest BCUT2D eigenvalue weighted by Gasteiger charge is -2.24. The van der Waals surface area contributed by atoms with Crippen LogP contribution in [0.4, 0.5) is 5.69 Å². The first-order valence-electron chi connectivity index (χ1n) is 13.3. The van der Waals surface area contributed by atoms with Crippen LogP contribution in [0.5, 0.6) is 5.75 Å². The number of hydrogen-bond acceptors (Lipinski definition) is 9. The van der Waals surface area contributed by atoms with E-state index in [1.54, 1.807) is 12.1 Å². The molecule has 2 aromatic heterocycles. The Kier molecular flexibility index (Phi) is 9.42. The fourth-order valence-electron chi connectivity index (χ4n) is 4.65. The van der Waals surface area contributed by atoms with Crippen LogP contribution in [0, 0.1) is 0 Å². The molecule has 0 saturated heterocycles. The van der Waals surface area contributed by atoms with Gasteiger partial charge in [-0.2, -0.15) is 4.31 Å². The van der Waals surface area contributed by atoms with E-state index in [9.17, 15) is 36.6 Å². The highest BCUT2D eigenvalue weighted by Crippen LogP contribution is 2.41. The number of thiophene rings is 1. The summed E-state index contributed by atoms with van der Waals surface area (Å²) >= 11 is 7.48. The van der Waals surface area contributed by atoms with Crippen molar-refractivity contribution < 1.29 is 45.8 Å². The number of ether oxygens (including phenoxy) is 1. The van der Waals surface area contributed by atoms with Crippen molar-refractivity contribution >= 4 is 70.7 Å². The Morgan fingerprint density at radius 3 is 2.09 bits per heavy atom. The van der Waals surface area contributed by atoms with Gasteiger partial charge in [0, 0.05) is 22.4 Å². The average molecular weight is 705 g/mol. The summed E-state index contributed by atoms with van der Waals surface area (Å²) in [7, 11) is -7.34. The zero-order valence-electron chi connectivity index (χ0n) is 23.9. The maximum absolute atomic E-state index is 13.7. The van der Waals surface area contributed by atoms with E-state index in [0.29, 0.717) is 26.7 Å². The molecule has 16 heteroatoms. The van der Waals surface area contributed by atoms with Crippen LogP contribution in [0.25, 0.3) is 21.4 Å². The van der Waals surface area contributed by atoms with Crippen molar-refractivity contribution in [3.05, 3.63) is 95.0 Å². The molecule has 0 saturated carbocycles. The zero-order chi connectivity index (χ0) is 33.2. The molecule has 240 valence electrons. The largest absolute Gasteiger partial charge is 0.497 e. The Bertz CT molecular complexity index is 2110. The third-order valence-corrected chi connectivity index (χ3v) is 12.0. The molecule has 0 aliphatic rings. The molecule has 0 spiro atoms. The van der Waals surface area contributed by atoms with Crippen LogP contribution in [0.2, 0.25) is 5.02 Å². The van der Waals surface area contributed by atoms with Gasteiger partial charge in [-0.15, -0.1) is 11.3 Å². The minimum absolute atomic E-state index is 0.0127. The molecule has 2 N–H and O–H groups in total. The number of rotatable bonds is 13. The number of fused-ring (bicyclic) bond motifs is 1. The monoisotopic (exact) mass is 704 g/mol. The summed E-state index contributed by atoms with van der Waals surface area (Å²) in [4.78, 5) is 23.6. The highest BCUT2D eigenvalue weighted by Gasteiger charge is 2.31. The van der Waals surface area contributed by atoms with Crippen LogP contribution in [-0.4, -0.2) is 63.5 Å². The van der Waals surface area contributed by atoms with E-state index in [-0.39, 0.29) is 25.9 Å². The Morgan fingerprint density at radius 2 is 1.50 bits per heavy atom. The fraction of sp³-hybridized carbons (Fsp3) is 0.133. The summed E-state index contributed by atoms with van der Waals surface area (Å²) in [6, 6.07) is 18.8. The van der Waals surface area contributed by atoms with E-state index in [0.717, 1.165) is 19.9 Å². The van der Waals surface area contributed by atoms with Crippen LogP contribution in [-0.2, 0) is 36.2 Å². The number of aliphatic carboxylic acids is 2. The van der Waals surface area contributed by atoms with Crippen LogP contribution in [0.15, 0.2) is 99.3 Å². The van der Waals surface area contributed by atoms with Gasteiger partial charge in [-0.05, 0) is 78.9 Å².